The number of aromatic amines is 1. The average molecular weight is 564 g/mol. The summed E-state index contributed by atoms with van der Waals surface area (Å²) in [7, 11) is -4.20. The van der Waals surface area contributed by atoms with Crippen LogP contribution in [0, 0.1) is 12.7 Å². The second kappa shape index (κ2) is 10.4. The normalized spacial score (nSPS) is 12.3. The molecule has 0 saturated heterocycles. The predicted octanol–water partition coefficient (Wildman–Crippen LogP) is 5.82. The number of thiophene rings is 1. The highest BCUT2D eigenvalue weighted by atomic mass is 32.2. The molecule has 5 aromatic rings. The number of fused-ring (bicyclic) bond motifs is 1. The lowest BCUT2D eigenvalue weighted by Gasteiger charge is -2.15. The monoisotopic (exact) mass is 563 g/mol. The maximum Gasteiger partial charge on any atom is 0.339 e. The number of H-pyrrole nitrogens is 1. The van der Waals surface area contributed by atoms with Gasteiger partial charge >= 0.3 is 5.97 Å². The van der Waals surface area contributed by atoms with E-state index in [4.69, 9.17) is 4.74 Å². The van der Waals surface area contributed by atoms with Gasteiger partial charge in [0.25, 0.3) is 15.6 Å². The summed E-state index contributed by atoms with van der Waals surface area (Å²) in [6, 6.07) is 18.8. The highest BCUT2D eigenvalue weighted by Gasteiger charge is 2.23. The molecule has 0 aliphatic carbocycles. The first-order chi connectivity index (χ1) is 18.6. The van der Waals surface area contributed by atoms with E-state index in [1.165, 1.54) is 47.7 Å². The van der Waals surface area contributed by atoms with Crippen LogP contribution in [0.3, 0.4) is 0 Å². The number of rotatable bonds is 7. The lowest BCUT2D eigenvalue weighted by Crippen LogP contribution is -2.18. The van der Waals surface area contributed by atoms with Crippen molar-refractivity contribution in [1.29, 1.82) is 0 Å². The van der Waals surface area contributed by atoms with E-state index in [0.29, 0.717) is 15.8 Å². The molecule has 0 fully saturated rings. The Morgan fingerprint density at radius 2 is 1.79 bits per heavy atom. The highest BCUT2D eigenvalue weighted by Crippen LogP contribution is 2.31. The SMILES string of the molecule is Cc1ccc(S(=O)(=O)Nc2ccccc2F)cc1C(=O)O[C@@H](C)c1nc2scc(-c3ccccc3)c2c(=O)[nH]1. The zero-order valence-electron chi connectivity index (χ0n) is 20.8. The molecule has 5 rings (SSSR count). The molecule has 0 spiro atoms. The summed E-state index contributed by atoms with van der Waals surface area (Å²) < 4.78 is 47.5. The number of hydrogen-bond donors (Lipinski definition) is 2. The fourth-order valence-corrected chi connectivity index (χ4v) is 6.05. The van der Waals surface area contributed by atoms with E-state index in [-0.39, 0.29) is 27.5 Å². The number of carbonyl (C=O) groups is 1. The second-order valence-electron chi connectivity index (χ2n) is 8.76. The molecule has 0 unspecified atom stereocenters. The van der Waals surface area contributed by atoms with Crippen LogP contribution in [0.2, 0.25) is 0 Å². The molecule has 2 aromatic heterocycles. The fraction of sp³-hybridized carbons (Fsp3) is 0.107. The van der Waals surface area contributed by atoms with Crippen LogP contribution < -0.4 is 10.3 Å². The average Bonchev–Trinajstić information content (AvgIpc) is 3.35. The Morgan fingerprint density at radius 3 is 2.54 bits per heavy atom. The maximum atomic E-state index is 14.0. The third kappa shape index (κ3) is 5.31. The number of nitrogens with zero attached hydrogens (tertiary/aromatic N) is 1. The molecule has 0 saturated carbocycles. The Morgan fingerprint density at radius 1 is 1.08 bits per heavy atom. The molecule has 8 nitrogen and oxygen atoms in total. The van der Waals surface area contributed by atoms with E-state index in [1.54, 1.807) is 13.8 Å². The van der Waals surface area contributed by atoms with Crippen LogP contribution in [0.1, 0.15) is 34.8 Å². The van der Waals surface area contributed by atoms with E-state index < -0.39 is 27.9 Å². The van der Waals surface area contributed by atoms with Crippen LogP contribution in [0.5, 0.6) is 0 Å². The van der Waals surface area contributed by atoms with Gasteiger partial charge < -0.3 is 9.72 Å². The fourth-order valence-electron chi connectivity index (χ4n) is 4.00. The van der Waals surface area contributed by atoms with Crippen molar-refractivity contribution in [2.24, 2.45) is 0 Å². The third-order valence-electron chi connectivity index (χ3n) is 6.07. The van der Waals surface area contributed by atoms with Crippen molar-refractivity contribution in [1.82, 2.24) is 9.97 Å². The van der Waals surface area contributed by atoms with E-state index in [9.17, 15) is 22.4 Å². The number of nitrogens with one attached hydrogen (secondary N) is 2. The molecule has 0 aliphatic heterocycles. The molecule has 2 N–H and O–H groups in total. The zero-order chi connectivity index (χ0) is 27.7. The number of sulfonamides is 1. The number of aromatic nitrogens is 2. The first kappa shape index (κ1) is 26.3. The van der Waals surface area contributed by atoms with E-state index >= 15 is 0 Å². The van der Waals surface area contributed by atoms with Gasteiger partial charge in [-0.2, -0.15) is 0 Å². The zero-order valence-corrected chi connectivity index (χ0v) is 22.4. The number of aryl methyl sites for hydroxylation is 1. The third-order valence-corrected chi connectivity index (χ3v) is 8.31. The van der Waals surface area contributed by atoms with Crippen molar-refractivity contribution < 1.29 is 22.3 Å². The van der Waals surface area contributed by atoms with Gasteiger partial charge in [0.1, 0.15) is 10.6 Å². The number of hydrogen-bond acceptors (Lipinski definition) is 7. The van der Waals surface area contributed by atoms with Crippen LogP contribution in [0.25, 0.3) is 21.3 Å². The Kier molecular flexibility index (Phi) is 7.02. The van der Waals surface area contributed by atoms with Crippen LogP contribution in [0.15, 0.2) is 87.9 Å². The Labute approximate surface area is 227 Å². The quantitative estimate of drug-likeness (QED) is 0.241. The summed E-state index contributed by atoms with van der Waals surface area (Å²) in [4.78, 5) is 33.5. The molecule has 0 aliphatic rings. The Bertz CT molecular complexity index is 1870. The minimum atomic E-state index is -4.20. The lowest BCUT2D eigenvalue weighted by atomic mass is 10.1. The molecule has 0 bridgehead atoms. The van der Waals surface area contributed by atoms with Crippen LogP contribution in [0.4, 0.5) is 10.1 Å². The van der Waals surface area contributed by atoms with Crippen LogP contribution >= 0.6 is 11.3 Å². The number of anilines is 1. The molecular weight excluding hydrogens is 541 g/mol. The molecule has 39 heavy (non-hydrogen) atoms. The van der Waals surface area contributed by atoms with Crippen LogP contribution in [-0.4, -0.2) is 24.4 Å². The smallest absolute Gasteiger partial charge is 0.339 e. The van der Waals surface area contributed by atoms with E-state index in [1.807, 2.05) is 35.7 Å². The van der Waals surface area contributed by atoms with Crippen LogP contribution in [-0.2, 0) is 14.8 Å². The van der Waals surface area contributed by atoms with Crippen molar-refractivity contribution >= 4 is 43.2 Å². The van der Waals surface area contributed by atoms with Crippen molar-refractivity contribution in [2.75, 3.05) is 4.72 Å². The summed E-state index contributed by atoms with van der Waals surface area (Å²) in [5.41, 5.74) is 1.55. The van der Waals surface area contributed by atoms with Gasteiger partial charge in [-0.3, -0.25) is 9.52 Å². The van der Waals surface area contributed by atoms with Gasteiger partial charge in [0.05, 0.1) is 21.5 Å². The largest absolute Gasteiger partial charge is 0.451 e. The maximum absolute atomic E-state index is 14.0. The molecular formula is C28H22FN3O5S2. The molecule has 2 heterocycles. The minimum Gasteiger partial charge on any atom is -0.451 e. The molecule has 11 heteroatoms. The Balaban J connectivity index is 1.40. The van der Waals surface area contributed by atoms with Crippen molar-refractivity contribution in [3.63, 3.8) is 0 Å². The van der Waals surface area contributed by atoms with Gasteiger partial charge in [0.15, 0.2) is 11.9 Å². The Hall–Kier alpha value is -4.35. The first-order valence-corrected chi connectivity index (χ1v) is 14.2. The predicted molar refractivity (Wildman–Crippen MR) is 148 cm³/mol. The summed E-state index contributed by atoms with van der Waals surface area (Å²) in [5, 5.41) is 2.30. The number of benzene rings is 3. The number of esters is 1. The number of halogens is 1. The molecule has 198 valence electrons. The van der Waals surface area contributed by atoms with Gasteiger partial charge in [-0.1, -0.05) is 48.5 Å². The number of ether oxygens (including phenoxy) is 1. The summed E-state index contributed by atoms with van der Waals surface area (Å²) in [5.74, 6) is -1.38. The van der Waals surface area contributed by atoms with Crippen molar-refractivity contribution in [3.8, 4) is 11.1 Å². The first-order valence-electron chi connectivity index (χ1n) is 11.8. The van der Waals surface area contributed by atoms with Gasteiger partial charge in [0, 0.05) is 10.9 Å². The van der Waals surface area contributed by atoms with Gasteiger partial charge in [-0.05, 0) is 49.2 Å². The summed E-state index contributed by atoms with van der Waals surface area (Å²) in [6.45, 7) is 3.19. The standard InChI is InChI=1S/C28H22FN3O5S2/c1-16-12-13-19(39(35,36)32-23-11-7-6-10-22(23)29)14-20(16)28(34)37-17(2)25-30-26(33)24-21(15-38-27(24)31-25)18-8-4-3-5-9-18/h3-15,17,32H,1-2H3,(H,30,31,33)/t17-/m0/s1. The molecule has 3 aromatic carbocycles. The highest BCUT2D eigenvalue weighted by molar-refractivity contribution is 7.92. The summed E-state index contributed by atoms with van der Waals surface area (Å²) >= 11 is 1.31. The van der Waals surface area contributed by atoms with Gasteiger partial charge in [-0.15, -0.1) is 11.3 Å². The van der Waals surface area contributed by atoms with E-state index in [2.05, 4.69) is 14.7 Å². The molecule has 0 amide bonds. The minimum absolute atomic E-state index is 0.00386. The lowest BCUT2D eigenvalue weighted by molar-refractivity contribution is 0.0319. The van der Waals surface area contributed by atoms with Crippen molar-refractivity contribution in [3.05, 3.63) is 111 Å². The molecule has 0 radical (unpaired) electrons. The van der Waals surface area contributed by atoms with Crippen molar-refractivity contribution in [2.45, 2.75) is 24.8 Å². The second-order valence-corrected chi connectivity index (χ2v) is 11.3. The topological polar surface area (TPSA) is 118 Å². The van der Waals surface area contributed by atoms with E-state index in [0.717, 1.165) is 17.2 Å². The summed E-state index contributed by atoms with van der Waals surface area (Å²) in [6.07, 6.45) is -0.937. The molecule has 1 atom stereocenters. The number of para-hydroxylation sites is 1. The van der Waals surface area contributed by atoms with Gasteiger partial charge in [-0.25, -0.2) is 22.6 Å². The number of carbonyl (C=O) groups excluding carboxylic acids is 1. The van der Waals surface area contributed by atoms with Gasteiger partial charge in [0.2, 0.25) is 0 Å².